The van der Waals surface area contributed by atoms with Crippen LogP contribution in [0.15, 0.2) is 41.5 Å². The predicted octanol–water partition coefficient (Wildman–Crippen LogP) is 2.05. The molecule has 2 amide bonds. The van der Waals surface area contributed by atoms with Crippen LogP contribution < -0.4 is 14.2 Å². The Bertz CT molecular complexity index is 856. The lowest BCUT2D eigenvalue weighted by Gasteiger charge is -2.07. The van der Waals surface area contributed by atoms with Gasteiger partial charge >= 0.3 is 0 Å². The van der Waals surface area contributed by atoms with Crippen molar-refractivity contribution >= 4 is 18.0 Å². The van der Waals surface area contributed by atoms with Gasteiger partial charge in [-0.2, -0.15) is 10.1 Å². The number of rotatable bonds is 3. The number of hydrogen-bond acceptors (Lipinski definition) is 6. The standard InChI is InChI=1S/C17H12N2O5/c1-22-13-6-10(7-14-15(13)24-9-23-14)8-18-19-16(20)11-4-2-3-5-12(11)17(19)21/h2-8H,9H2,1H3/b18-8+. The fourth-order valence-corrected chi connectivity index (χ4v) is 2.63. The van der Waals surface area contributed by atoms with Crippen LogP contribution in [0.3, 0.4) is 0 Å². The van der Waals surface area contributed by atoms with Crippen LogP contribution in [0, 0.1) is 0 Å². The van der Waals surface area contributed by atoms with Gasteiger partial charge in [0.15, 0.2) is 11.5 Å². The monoisotopic (exact) mass is 324 g/mol. The first-order valence-electron chi connectivity index (χ1n) is 7.18. The number of hydrazone groups is 1. The molecule has 0 N–H and O–H groups in total. The highest BCUT2D eigenvalue weighted by atomic mass is 16.7. The number of hydrogen-bond donors (Lipinski definition) is 0. The molecule has 24 heavy (non-hydrogen) atoms. The Kier molecular flexibility index (Phi) is 3.19. The van der Waals surface area contributed by atoms with E-state index in [4.69, 9.17) is 14.2 Å². The molecule has 0 spiro atoms. The third kappa shape index (κ3) is 2.10. The van der Waals surface area contributed by atoms with Gasteiger partial charge in [-0.05, 0) is 24.3 Å². The first-order valence-corrected chi connectivity index (χ1v) is 7.18. The van der Waals surface area contributed by atoms with Crippen molar-refractivity contribution < 1.29 is 23.8 Å². The highest BCUT2D eigenvalue weighted by Crippen LogP contribution is 2.41. The number of methoxy groups -OCH3 is 1. The van der Waals surface area contributed by atoms with Gasteiger partial charge in [0.05, 0.1) is 24.5 Å². The number of nitrogens with zero attached hydrogens (tertiary/aromatic N) is 2. The Morgan fingerprint density at radius 3 is 2.50 bits per heavy atom. The lowest BCUT2D eigenvalue weighted by Crippen LogP contribution is -2.23. The average Bonchev–Trinajstić information content (AvgIpc) is 3.17. The van der Waals surface area contributed by atoms with Crippen LogP contribution in [-0.4, -0.2) is 36.9 Å². The van der Waals surface area contributed by atoms with Crippen LogP contribution in [0.1, 0.15) is 26.3 Å². The Morgan fingerprint density at radius 2 is 1.83 bits per heavy atom. The number of carbonyl (C=O) groups excluding carboxylic acids is 2. The molecule has 0 aromatic heterocycles. The summed E-state index contributed by atoms with van der Waals surface area (Å²) in [5.74, 6) is 0.654. The molecule has 2 aliphatic rings. The second-order valence-electron chi connectivity index (χ2n) is 5.17. The largest absolute Gasteiger partial charge is 0.493 e. The summed E-state index contributed by atoms with van der Waals surface area (Å²) in [7, 11) is 1.52. The molecule has 0 bridgehead atoms. The summed E-state index contributed by atoms with van der Waals surface area (Å²) in [4.78, 5) is 24.5. The highest BCUT2D eigenvalue weighted by molar-refractivity contribution is 6.21. The van der Waals surface area contributed by atoms with E-state index in [0.717, 1.165) is 5.01 Å². The first-order chi connectivity index (χ1) is 11.7. The third-order valence-electron chi connectivity index (χ3n) is 3.78. The first kappa shape index (κ1) is 14.3. The molecule has 2 aromatic carbocycles. The zero-order valence-electron chi connectivity index (χ0n) is 12.7. The van der Waals surface area contributed by atoms with Gasteiger partial charge in [0.1, 0.15) is 0 Å². The van der Waals surface area contributed by atoms with Gasteiger partial charge in [0, 0.05) is 5.56 Å². The van der Waals surface area contributed by atoms with E-state index in [2.05, 4.69) is 5.10 Å². The highest BCUT2D eigenvalue weighted by Gasteiger charge is 2.35. The second kappa shape index (κ2) is 5.38. The summed E-state index contributed by atoms with van der Waals surface area (Å²) in [5.41, 5.74) is 1.32. The minimum atomic E-state index is -0.445. The molecule has 0 fully saturated rings. The van der Waals surface area contributed by atoms with Gasteiger partial charge in [0.25, 0.3) is 11.8 Å². The zero-order chi connectivity index (χ0) is 16.7. The molecule has 0 radical (unpaired) electrons. The van der Waals surface area contributed by atoms with Crippen LogP contribution >= 0.6 is 0 Å². The minimum absolute atomic E-state index is 0.116. The molecule has 7 nitrogen and oxygen atoms in total. The topological polar surface area (TPSA) is 77.4 Å². The fraction of sp³-hybridized carbons (Fsp3) is 0.118. The Balaban J connectivity index is 1.65. The van der Waals surface area contributed by atoms with Crippen molar-refractivity contribution in [3.63, 3.8) is 0 Å². The number of ether oxygens (including phenoxy) is 3. The number of carbonyl (C=O) groups is 2. The molecule has 0 aliphatic carbocycles. The van der Waals surface area contributed by atoms with E-state index >= 15 is 0 Å². The van der Waals surface area contributed by atoms with Crippen molar-refractivity contribution in [1.29, 1.82) is 0 Å². The number of imide groups is 1. The van der Waals surface area contributed by atoms with Gasteiger partial charge in [-0.1, -0.05) is 12.1 Å². The van der Waals surface area contributed by atoms with Gasteiger partial charge in [-0.3, -0.25) is 9.59 Å². The van der Waals surface area contributed by atoms with E-state index in [9.17, 15) is 9.59 Å². The maximum atomic E-state index is 12.3. The lowest BCUT2D eigenvalue weighted by atomic mass is 10.1. The van der Waals surface area contributed by atoms with E-state index in [0.29, 0.717) is 33.9 Å². The quantitative estimate of drug-likeness (QED) is 0.638. The normalized spacial score (nSPS) is 15.3. The number of fused-ring (bicyclic) bond motifs is 2. The molecule has 2 heterocycles. The second-order valence-corrected chi connectivity index (χ2v) is 5.17. The summed E-state index contributed by atoms with van der Waals surface area (Å²) >= 11 is 0. The minimum Gasteiger partial charge on any atom is -0.493 e. The lowest BCUT2D eigenvalue weighted by molar-refractivity contribution is 0.0660. The maximum absolute atomic E-state index is 12.3. The van der Waals surface area contributed by atoms with Crippen LogP contribution in [0.4, 0.5) is 0 Å². The van der Waals surface area contributed by atoms with Crippen LogP contribution in [-0.2, 0) is 0 Å². The summed E-state index contributed by atoms with van der Waals surface area (Å²) in [6.07, 6.45) is 1.41. The zero-order valence-corrected chi connectivity index (χ0v) is 12.7. The van der Waals surface area contributed by atoms with Crippen molar-refractivity contribution in [1.82, 2.24) is 5.01 Å². The smallest absolute Gasteiger partial charge is 0.282 e. The van der Waals surface area contributed by atoms with E-state index in [-0.39, 0.29) is 6.79 Å². The fourth-order valence-electron chi connectivity index (χ4n) is 2.63. The van der Waals surface area contributed by atoms with Crippen LogP contribution in [0.5, 0.6) is 17.2 Å². The van der Waals surface area contributed by atoms with Gasteiger partial charge in [0.2, 0.25) is 12.5 Å². The van der Waals surface area contributed by atoms with E-state index in [1.54, 1.807) is 36.4 Å². The van der Waals surface area contributed by atoms with Crippen molar-refractivity contribution in [2.24, 2.45) is 5.10 Å². The molecule has 0 saturated carbocycles. The van der Waals surface area contributed by atoms with Crippen molar-refractivity contribution in [3.05, 3.63) is 53.1 Å². The summed E-state index contributed by atoms with van der Waals surface area (Å²) < 4.78 is 15.9. The predicted molar refractivity (Wildman–Crippen MR) is 83.7 cm³/mol. The van der Waals surface area contributed by atoms with E-state index in [1.165, 1.54) is 13.3 Å². The number of benzene rings is 2. The average molecular weight is 324 g/mol. The van der Waals surface area contributed by atoms with Crippen LogP contribution in [0.25, 0.3) is 0 Å². The summed E-state index contributed by atoms with van der Waals surface area (Å²) in [6, 6.07) is 10.0. The molecule has 2 aromatic rings. The number of amides is 2. The van der Waals surface area contributed by atoms with Crippen molar-refractivity contribution in [2.45, 2.75) is 0 Å². The van der Waals surface area contributed by atoms with E-state index < -0.39 is 11.8 Å². The van der Waals surface area contributed by atoms with Gasteiger partial charge in [-0.25, -0.2) is 0 Å². The molecule has 0 unspecified atom stereocenters. The maximum Gasteiger partial charge on any atom is 0.282 e. The third-order valence-corrected chi connectivity index (χ3v) is 3.78. The van der Waals surface area contributed by atoms with Crippen molar-refractivity contribution in [2.75, 3.05) is 13.9 Å². The van der Waals surface area contributed by atoms with Gasteiger partial charge in [-0.15, -0.1) is 0 Å². The van der Waals surface area contributed by atoms with Gasteiger partial charge < -0.3 is 14.2 Å². The molecule has 4 rings (SSSR count). The molecule has 0 atom stereocenters. The van der Waals surface area contributed by atoms with Crippen molar-refractivity contribution in [3.8, 4) is 17.2 Å². The molecular formula is C17H12N2O5. The SMILES string of the molecule is COc1cc(/C=N/N2C(=O)c3ccccc3C2=O)cc2c1OCO2. The Morgan fingerprint density at radius 1 is 1.12 bits per heavy atom. The Hall–Kier alpha value is -3.35. The molecule has 0 saturated heterocycles. The summed E-state index contributed by atoms with van der Waals surface area (Å²) in [6.45, 7) is 0.116. The molecule has 120 valence electrons. The Labute approximate surface area is 137 Å². The van der Waals surface area contributed by atoms with E-state index in [1.807, 2.05) is 0 Å². The molecule has 2 aliphatic heterocycles. The summed E-state index contributed by atoms with van der Waals surface area (Å²) in [5, 5.41) is 4.88. The molecule has 7 heteroatoms. The molecular weight excluding hydrogens is 312 g/mol. The van der Waals surface area contributed by atoms with Crippen LogP contribution in [0.2, 0.25) is 0 Å².